The summed E-state index contributed by atoms with van der Waals surface area (Å²) in [5, 5.41) is 3.60. The number of rotatable bonds is 5. The predicted octanol–water partition coefficient (Wildman–Crippen LogP) is 4.84. The van der Waals surface area contributed by atoms with Gasteiger partial charge in [-0.2, -0.15) is 0 Å². The molecule has 1 fully saturated rings. The first-order chi connectivity index (χ1) is 9.20. The third-order valence-electron chi connectivity index (χ3n) is 4.40. The van der Waals surface area contributed by atoms with Crippen LogP contribution in [0.5, 0.6) is 0 Å². The molecule has 1 aromatic rings. The van der Waals surface area contributed by atoms with E-state index in [9.17, 15) is 4.39 Å². The second-order valence-corrected chi connectivity index (χ2v) is 5.92. The van der Waals surface area contributed by atoms with Gasteiger partial charge in [-0.25, -0.2) is 4.39 Å². The molecule has 0 amide bonds. The molecular formula is C17H26FN. The fraction of sp³-hybridized carbons (Fsp3) is 0.647. The molecular weight excluding hydrogens is 237 g/mol. The van der Waals surface area contributed by atoms with Crippen LogP contribution in [0.2, 0.25) is 0 Å². The van der Waals surface area contributed by atoms with Gasteiger partial charge in [0, 0.05) is 17.6 Å². The van der Waals surface area contributed by atoms with Crippen LogP contribution in [0.3, 0.4) is 0 Å². The Kier molecular flexibility index (Phi) is 5.38. The summed E-state index contributed by atoms with van der Waals surface area (Å²) in [6.07, 6.45) is 7.81. The van der Waals surface area contributed by atoms with Gasteiger partial charge in [0.1, 0.15) is 5.82 Å². The Morgan fingerprint density at radius 2 is 1.89 bits per heavy atom. The van der Waals surface area contributed by atoms with Crippen LogP contribution < -0.4 is 5.32 Å². The Morgan fingerprint density at radius 3 is 2.53 bits per heavy atom. The van der Waals surface area contributed by atoms with E-state index < -0.39 is 0 Å². The van der Waals surface area contributed by atoms with Crippen molar-refractivity contribution >= 4 is 0 Å². The van der Waals surface area contributed by atoms with Gasteiger partial charge in [0.15, 0.2) is 0 Å². The lowest BCUT2D eigenvalue weighted by Gasteiger charge is -2.31. The fourth-order valence-corrected chi connectivity index (χ4v) is 3.30. The molecule has 2 rings (SSSR count). The highest BCUT2D eigenvalue weighted by Gasteiger charge is 2.22. The van der Waals surface area contributed by atoms with Crippen molar-refractivity contribution in [1.29, 1.82) is 0 Å². The molecule has 0 aliphatic heterocycles. The molecule has 1 atom stereocenters. The van der Waals surface area contributed by atoms with E-state index in [1.165, 1.54) is 38.5 Å². The van der Waals surface area contributed by atoms with Gasteiger partial charge in [-0.3, -0.25) is 0 Å². The molecule has 1 saturated carbocycles. The molecule has 0 radical (unpaired) electrons. The monoisotopic (exact) mass is 263 g/mol. The van der Waals surface area contributed by atoms with Crippen molar-refractivity contribution in [1.82, 2.24) is 5.32 Å². The zero-order chi connectivity index (χ0) is 13.7. The van der Waals surface area contributed by atoms with Crippen LogP contribution in [0, 0.1) is 11.7 Å². The fourth-order valence-electron chi connectivity index (χ4n) is 3.30. The molecule has 0 unspecified atom stereocenters. The molecule has 1 aliphatic carbocycles. The van der Waals surface area contributed by atoms with Crippen molar-refractivity contribution < 1.29 is 4.39 Å². The molecule has 1 nitrogen and oxygen atoms in total. The molecule has 0 spiro atoms. The smallest absolute Gasteiger partial charge is 0.127 e. The summed E-state index contributed by atoms with van der Waals surface area (Å²) in [4.78, 5) is 0. The normalized spacial score (nSPS) is 25.2. The van der Waals surface area contributed by atoms with Gasteiger partial charge in [-0.1, -0.05) is 38.0 Å². The average Bonchev–Trinajstić information content (AvgIpc) is 2.42. The Morgan fingerprint density at radius 1 is 1.21 bits per heavy atom. The third-order valence-corrected chi connectivity index (χ3v) is 4.40. The first kappa shape index (κ1) is 14.5. The minimum Gasteiger partial charge on any atom is -0.307 e. The first-order valence-electron chi connectivity index (χ1n) is 7.71. The van der Waals surface area contributed by atoms with Crippen molar-refractivity contribution in [2.45, 2.75) is 64.5 Å². The highest BCUT2D eigenvalue weighted by atomic mass is 19.1. The van der Waals surface area contributed by atoms with E-state index in [2.05, 4.69) is 19.2 Å². The molecule has 0 heterocycles. The summed E-state index contributed by atoms with van der Waals surface area (Å²) >= 11 is 0. The first-order valence-corrected chi connectivity index (χ1v) is 7.71. The number of benzene rings is 1. The minimum absolute atomic E-state index is 0.0952. The van der Waals surface area contributed by atoms with E-state index in [0.717, 1.165) is 11.5 Å². The lowest BCUT2D eigenvalue weighted by atomic mass is 9.83. The van der Waals surface area contributed by atoms with Crippen molar-refractivity contribution in [3.05, 3.63) is 35.6 Å². The Labute approximate surface area is 116 Å². The van der Waals surface area contributed by atoms with Crippen LogP contribution >= 0.6 is 0 Å². The minimum atomic E-state index is -0.0952. The van der Waals surface area contributed by atoms with Crippen LogP contribution in [0.4, 0.5) is 4.39 Å². The molecule has 0 saturated heterocycles. The van der Waals surface area contributed by atoms with Crippen molar-refractivity contribution in [2.24, 2.45) is 5.92 Å². The maximum Gasteiger partial charge on any atom is 0.127 e. The molecule has 1 N–H and O–H groups in total. The Hall–Kier alpha value is -0.890. The van der Waals surface area contributed by atoms with E-state index in [-0.39, 0.29) is 11.9 Å². The zero-order valence-electron chi connectivity index (χ0n) is 12.2. The van der Waals surface area contributed by atoms with Crippen LogP contribution in [0.25, 0.3) is 0 Å². The van der Waals surface area contributed by atoms with Crippen LogP contribution in [0.15, 0.2) is 24.3 Å². The molecule has 1 aliphatic rings. The zero-order valence-corrected chi connectivity index (χ0v) is 12.2. The van der Waals surface area contributed by atoms with Crippen molar-refractivity contribution in [3.63, 3.8) is 0 Å². The van der Waals surface area contributed by atoms with Crippen LogP contribution in [-0.2, 0) is 0 Å². The van der Waals surface area contributed by atoms with E-state index in [1.54, 1.807) is 12.1 Å². The Bertz CT molecular complexity index is 383. The average molecular weight is 263 g/mol. The van der Waals surface area contributed by atoms with E-state index in [4.69, 9.17) is 0 Å². The summed E-state index contributed by atoms with van der Waals surface area (Å²) in [6, 6.07) is 7.76. The van der Waals surface area contributed by atoms with Gasteiger partial charge in [-0.15, -0.1) is 0 Å². The van der Waals surface area contributed by atoms with Crippen LogP contribution in [-0.4, -0.2) is 6.04 Å². The SMILES string of the molecule is CCCC1CCC(N[C@H](C)c2ccccc2F)CC1. The predicted molar refractivity (Wildman–Crippen MR) is 78.6 cm³/mol. The molecule has 19 heavy (non-hydrogen) atoms. The number of hydrogen-bond donors (Lipinski definition) is 1. The van der Waals surface area contributed by atoms with Gasteiger partial charge < -0.3 is 5.32 Å². The summed E-state index contributed by atoms with van der Waals surface area (Å²) in [5.74, 6) is 0.828. The third kappa shape index (κ3) is 4.04. The largest absolute Gasteiger partial charge is 0.307 e. The van der Waals surface area contributed by atoms with Gasteiger partial charge in [0.25, 0.3) is 0 Å². The maximum atomic E-state index is 13.7. The van der Waals surface area contributed by atoms with Crippen molar-refractivity contribution in [2.75, 3.05) is 0 Å². The van der Waals surface area contributed by atoms with Gasteiger partial charge in [0.2, 0.25) is 0 Å². The topological polar surface area (TPSA) is 12.0 Å². The molecule has 2 heteroatoms. The van der Waals surface area contributed by atoms with Gasteiger partial charge >= 0.3 is 0 Å². The quantitative estimate of drug-likeness (QED) is 0.802. The summed E-state index contributed by atoms with van der Waals surface area (Å²) < 4.78 is 13.7. The molecule has 0 bridgehead atoms. The number of nitrogens with one attached hydrogen (secondary N) is 1. The van der Waals surface area contributed by atoms with E-state index in [1.807, 2.05) is 12.1 Å². The highest BCUT2D eigenvalue weighted by Crippen LogP contribution is 2.29. The second kappa shape index (κ2) is 7.04. The van der Waals surface area contributed by atoms with Crippen LogP contribution in [0.1, 0.15) is 64.0 Å². The molecule has 106 valence electrons. The Balaban J connectivity index is 1.84. The van der Waals surface area contributed by atoms with E-state index >= 15 is 0 Å². The van der Waals surface area contributed by atoms with Crippen molar-refractivity contribution in [3.8, 4) is 0 Å². The standard InChI is InChI=1S/C17H26FN/c1-3-6-14-9-11-15(12-10-14)19-13(2)16-7-4-5-8-17(16)18/h4-5,7-8,13-15,19H,3,6,9-12H2,1-2H3/t13-,14?,15?/m1/s1. The second-order valence-electron chi connectivity index (χ2n) is 5.92. The lowest BCUT2D eigenvalue weighted by Crippen LogP contribution is -2.35. The van der Waals surface area contributed by atoms with Gasteiger partial charge in [-0.05, 0) is 44.6 Å². The van der Waals surface area contributed by atoms with Gasteiger partial charge in [0.05, 0.1) is 0 Å². The maximum absolute atomic E-state index is 13.7. The summed E-state index contributed by atoms with van der Waals surface area (Å²) in [7, 11) is 0. The number of hydrogen-bond acceptors (Lipinski definition) is 1. The molecule has 1 aromatic carbocycles. The highest BCUT2D eigenvalue weighted by molar-refractivity contribution is 5.20. The summed E-state index contributed by atoms with van der Waals surface area (Å²) in [6.45, 7) is 4.33. The number of halogens is 1. The molecule has 0 aromatic heterocycles. The lowest BCUT2D eigenvalue weighted by molar-refractivity contribution is 0.265. The summed E-state index contributed by atoms with van der Waals surface area (Å²) in [5.41, 5.74) is 0.790. The van der Waals surface area contributed by atoms with E-state index in [0.29, 0.717) is 6.04 Å².